The number of piperidine rings is 1. The zero-order valence-electron chi connectivity index (χ0n) is 21.6. The maximum atomic E-state index is 13.4. The van der Waals surface area contributed by atoms with Crippen molar-refractivity contribution in [2.75, 3.05) is 37.7 Å². The molecule has 36 heavy (non-hydrogen) atoms. The van der Waals surface area contributed by atoms with E-state index in [0.717, 1.165) is 49.7 Å². The summed E-state index contributed by atoms with van der Waals surface area (Å²) in [7, 11) is 0. The SMILES string of the molecule is CCCn1c(=O)c2c(nc3n2CCCN3c2ccc(OCCN3CCCCC3)cc2)n(CCC)c1=O. The van der Waals surface area contributed by atoms with Gasteiger partial charge in [-0.05, 0) is 69.5 Å². The highest BCUT2D eigenvalue weighted by molar-refractivity contribution is 5.77. The number of fused-ring (bicyclic) bond motifs is 3. The minimum atomic E-state index is -0.260. The average molecular weight is 495 g/mol. The largest absolute Gasteiger partial charge is 0.492 e. The van der Waals surface area contributed by atoms with Gasteiger partial charge in [0.05, 0.1) is 0 Å². The van der Waals surface area contributed by atoms with Gasteiger partial charge in [0.25, 0.3) is 5.56 Å². The van der Waals surface area contributed by atoms with Crippen LogP contribution >= 0.6 is 0 Å². The summed E-state index contributed by atoms with van der Waals surface area (Å²) < 4.78 is 11.1. The first-order valence-corrected chi connectivity index (χ1v) is 13.6. The van der Waals surface area contributed by atoms with Gasteiger partial charge in [0.15, 0.2) is 11.2 Å². The molecule has 1 fully saturated rings. The first-order chi connectivity index (χ1) is 17.6. The molecule has 0 bridgehead atoms. The van der Waals surface area contributed by atoms with Gasteiger partial charge in [0.1, 0.15) is 12.4 Å². The molecule has 0 saturated carbocycles. The van der Waals surface area contributed by atoms with E-state index in [1.807, 2.05) is 30.5 Å². The minimum absolute atomic E-state index is 0.234. The van der Waals surface area contributed by atoms with E-state index >= 15 is 0 Å². The second-order valence-electron chi connectivity index (χ2n) is 9.88. The monoisotopic (exact) mass is 494 g/mol. The number of rotatable bonds is 9. The molecule has 1 saturated heterocycles. The molecule has 9 nitrogen and oxygen atoms in total. The van der Waals surface area contributed by atoms with Crippen LogP contribution in [0.5, 0.6) is 5.75 Å². The molecule has 0 radical (unpaired) electrons. The molecule has 4 heterocycles. The molecule has 1 aromatic carbocycles. The Hall–Kier alpha value is -3.07. The van der Waals surface area contributed by atoms with Crippen molar-refractivity contribution in [2.45, 2.75) is 72.0 Å². The van der Waals surface area contributed by atoms with E-state index < -0.39 is 0 Å². The molecule has 0 atom stereocenters. The van der Waals surface area contributed by atoms with Gasteiger partial charge in [-0.2, -0.15) is 4.98 Å². The van der Waals surface area contributed by atoms with Crippen molar-refractivity contribution in [2.24, 2.45) is 0 Å². The van der Waals surface area contributed by atoms with Crippen molar-refractivity contribution < 1.29 is 4.74 Å². The Balaban J connectivity index is 1.42. The Labute approximate surface area is 211 Å². The van der Waals surface area contributed by atoms with Crippen LogP contribution in [0.2, 0.25) is 0 Å². The molecule has 9 heteroatoms. The van der Waals surface area contributed by atoms with E-state index in [1.165, 1.54) is 36.9 Å². The normalized spacial score (nSPS) is 16.4. The van der Waals surface area contributed by atoms with E-state index in [2.05, 4.69) is 21.9 Å². The molecule has 3 aromatic rings. The standard InChI is InChI=1S/C27H38N6O3/c1-3-13-32-24-23(25(34)33(14-4-2)27(32)35)31-18-8-17-30(26(31)28-24)21-9-11-22(12-10-21)36-20-19-29-15-6-5-7-16-29/h9-12H,3-8,13-20H2,1-2H3. The summed E-state index contributed by atoms with van der Waals surface area (Å²) in [6, 6.07) is 8.13. The van der Waals surface area contributed by atoms with Crippen molar-refractivity contribution in [3.8, 4) is 5.75 Å². The fraction of sp³-hybridized carbons (Fsp3) is 0.593. The van der Waals surface area contributed by atoms with Crippen LogP contribution < -0.4 is 20.9 Å². The third kappa shape index (κ3) is 4.68. The Bertz CT molecular complexity index is 1300. The van der Waals surface area contributed by atoms with Gasteiger partial charge in [-0.3, -0.25) is 18.8 Å². The van der Waals surface area contributed by atoms with Gasteiger partial charge in [-0.1, -0.05) is 20.3 Å². The topological polar surface area (TPSA) is 77.5 Å². The summed E-state index contributed by atoms with van der Waals surface area (Å²) in [6.07, 6.45) is 6.34. The molecule has 2 aromatic heterocycles. The average Bonchev–Trinajstić information content (AvgIpc) is 3.30. The molecule has 0 N–H and O–H groups in total. The molecule has 2 aliphatic heterocycles. The lowest BCUT2D eigenvalue weighted by Crippen LogP contribution is -2.40. The smallest absolute Gasteiger partial charge is 0.332 e. The first-order valence-electron chi connectivity index (χ1n) is 13.6. The Morgan fingerprint density at radius 3 is 2.28 bits per heavy atom. The lowest BCUT2D eigenvalue weighted by atomic mass is 10.1. The molecule has 0 aliphatic carbocycles. The molecule has 194 valence electrons. The van der Waals surface area contributed by atoms with Crippen molar-refractivity contribution in [1.29, 1.82) is 0 Å². The van der Waals surface area contributed by atoms with Crippen LogP contribution in [0.15, 0.2) is 33.9 Å². The summed E-state index contributed by atoms with van der Waals surface area (Å²) in [5.74, 6) is 1.59. The number of likely N-dealkylation sites (tertiary alicyclic amines) is 1. The quantitative estimate of drug-likeness (QED) is 0.453. The highest BCUT2D eigenvalue weighted by Crippen LogP contribution is 2.32. The number of hydrogen-bond acceptors (Lipinski definition) is 6. The lowest BCUT2D eigenvalue weighted by Gasteiger charge is -2.29. The number of hydrogen-bond donors (Lipinski definition) is 0. The van der Waals surface area contributed by atoms with Gasteiger partial charge >= 0.3 is 5.69 Å². The van der Waals surface area contributed by atoms with Crippen molar-refractivity contribution in [3.63, 3.8) is 0 Å². The van der Waals surface area contributed by atoms with Crippen LogP contribution in [0, 0.1) is 0 Å². The van der Waals surface area contributed by atoms with E-state index in [1.54, 1.807) is 4.57 Å². The van der Waals surface area contributed by atoms with Crippen LogP contribution in [-0.4, -0.2) is 56.4 Å². The summed E-state index contributed by atoms with van der Waals surface area (Å²) in [4.78, 5) is 36.0. The maximum absolute atomic E-state index is 13.4. The lowest BCUT2D eigenvalue weighted by molar-refractivity contribution is 0.183. The molecule has 0 spiro atoms. The number of ether oxygens (including phenoxy) is 1. The number of nitrogens with zero attached hydrogens (tertiary/aromatic N) is 6. The van der Waals surface area contributed by atoms with Crippen molar-refractivity contribution >= 4 is 22.8 Å². The van der Waals surface area contributed by atoms with E-state index in [0.29, 0.717) is 37.4 Å². The Morgan fingerprint density at radius 2 is 1.56 bits per heavy atom. The fourth-order valence-corrected chi connectivity index (χ4v) is 5.47. The Kier molecular flexibility index (Phi) is 7.46. The zero-order valence-corrected chi connectivity index (χ0v) is 21.6. The fourth-order valence-electron chi connectivity index (χ4n) is 5.47. The zero-order chi connectivity index (χ0) is 25.1. The van der Waals surface area contributed by atoms with Gasteiger partial charge < -0.3 is 14.2 Å². The number of anilines is 2. The summed E-state index contributed by atoms with van der Waals surface area (Å²) >= 11 is 0. The number of aryl methyl sites for hydroxylation is 2. The van der Waals surface area contributed by atoms with Gasteiger partial charge in [-0.25, -0.2) is 4.79 Å². The molecular weight excluding hydrogens is 456 g/mol. The van der Waals surface area contributed by atoms with Crippen LogP contribution in [-0.2, 0) is 19.6 Å². The summed E-state index contributed by atoms with van der Waals surface area (Å²) in [6.45, 7) is 10.5. The third-order valence-electron chi connectivity index (χ3n) is 7.27. The van der Waals surface area contributed by atoms with E-state index in [-0.39, 0.29) is 11.2 Å². The number of aromatic nitrogens is 4. The van der Waals surface area contributed by atoms with Gasteiger partial charge in [0, 0.05) is 38.4 Å². The number of imidazole rings is 1. The van der Waals surface area contributed by atoms with Crippen LogP contribution in [0.1, 0.15) is 52.4 Å². The van der Waals surface area contributed by atoms with E-state index in [9.17, 15) is 9.59 Å². The maximum Gasteiger partial charge on any atom is 0.332 e. The molecular formula is C27H38N6O3. The van der Waals surface area contributed by atoms with Crippen LogP contribution in [0.3, 0.4) is 0 Å². The van der Waals surface area contributed by atoms with Crippen molar-refractivity contribution in [1.82, 2.24) is 23.6 Å². The second kappa shape index (κ2) is 10.9. The van der Waals surface area contributed by atoms with Crippen molar-refractivity contribution in [3.05, 3.63) is 45.1 Å². The minimum Gasteiger partial charge on any atom is -0.492 e. The van der Waals surface area contributed by atoms with Gasteiger partial charge in [-0.15, -0.1) is 0 Å². The van der Waals surface area contributed by atoms with Crippen LogP contribution in [0.25, 0.3) is 11.2 Å². The van der Waals surface area contributed by atoms with E-state index in [4.69, 9.17) is 9.72 Å². The second-order valence-corrected chi connectivity index (χ2v) is 9.88. The molecule has 0 amide bonds. The summed E-state index contributed by atoms with van der Waals surface area (Å²) in [5, 5.41) is 0. The highest BCUT2D eigenvalue weighted by Gasteiger charge is 2.27. The molecule has 0 unspecified atom stereocenters. The molecule has 5 rings (SSSR count). The summed E-state index contributed by atoms with van der Waals surface area (Å²) in [5.41, 5.74) is 1.55. The third-order valence-corrected chi connectivity index (χ3v) is 7.27. The molecule has 2 aliphatic rings. The predicted molar refractivity (Wildman–Crippen MR) is 143 cm³/mol. The van der Waals surface area contributed by atoms with Crippen LogP contribution in [0.4, 0.5) is 11.6 Å². The first kappa shape index (κ1) is 24.6. The highest BCUT2D eigenvalue weighted by atomic mass is 16.5. The predicted octanol–water partition coefficient (Wildman–Crippen LogP) is 3.59. The Morgan fingerprint density at radius 1 is 0.833 bits per heavy atom. The van der Waals surface area contributed by atoms with Gasteiger partial charge in [0.2, 0.25) is 5.95 Å². The number of benzene rings is 1.